The van der Waals surface area contributed by atoms with E-state index in [0.717, 1.165) is 30.8 Å². The molecule has 4 heteroatoms. The molecule has 2 N–H and O–H groups in total. The highest BCUT2D eigenvalue weighted by molar-refractivity contribution is 7.89. The number of hydrogen-bond acceptors (Lipinski definition) is 3. The predicted molar refractivity (Wildman–Crippen MR) is 62.7 cm³/mol. The minimum atomic E-state index is -1.07. The van der Waals surface area contributed by atoms with Gasteiger partial charge < -0.3 is 10.3 Å². The molecule has 0 aromatic heterocycles. The summed E-state index contributed by atoms with van der Waals surface area (Å²) < 4.78 is 14.2. The van der Waals surface area contributed by atoms with E-state index in [2.05, 4.69) is 0 Å². The lowest BCUT2D eigenvalue weighted by Crippen LogP contribution is -2.35. The minimum Gasteiger partial charge on any atom is -0.593 e. The van der Waals surface area contributed by atoms with Crippen molar-refractivity contribution in [1.82, 2.24) is 4.31 Å². The first-order chi connectivity index (χ1) is 7.29. The van der Waals surface area contributed by atoms with Crippen molar-refractivity contribution in [3.05, 3.63) is 24.3 Å². The monoisotopic (exact) mass is 224 g/mol. The highest BCUT2D eigenvalue weighted by atomic mass is 32.2. The van der Waals surface area contributed by atoms with Crippen LogP contribution in [0.3, 0.4) is 0 Å². The van der Waals surface area contributed by atoms with Crippen LogP contribution in [0.2, 0.25) is 0 Å². The summed E-state index contributed by atoms with van der Waals surface area (Å²) in [5.74, 6) is 0. The number of rotatable bonds is 2. The van der Waals surface area contributed by atoms with E-state index in [9.17, 15) is 4.55 Å². The van der Waals surface area contributed by atoms with Gasteiger partial charge in [-0.2, -0.15) is 0 Å². The van der Waals surface area contributed by atoms with Crippen LogP contribution in [-0.2, 0) is 11.4 Å². The maximum absolute atomic E-state index is 12.2. The zero-order chi connectivity index (χ0) is 10.7. The molecule has 1 aromatic rings. The summed E-state index contributed by atoms with van der Waals surface area (Å²) in [6.07, 6.45) is 3.52. The largest absolute Gasteiger partial charge is 0.593 e. The number of nitrogens with two attached hydrogens (primary N) is 1. The molecule has 1 saturated heterocycles. The van der Waals surface area contributed by atoms with E-state index in [4.69, 9.17) is 5.73 Å². The van der Waals surface area contributed by atoms with Crippen LogP contribution >= 0.6 is 0 Å². The second-order valence-electron chi connectivity index (χ2n) is 3.78. The molecular formula is C11H16N2OS. The SMILES string of the molecule is Nc1ccccc1[S+]([O-])N1CCCCC1. The van der Waals surface area contributed by atoms with Crippen LogP contribution in [0, 0.1) is 0 Å². The van der Waals surface area contributed by atoms with E-state index in [-0.39, 0.29) is 0 Å². The molecule has 15 heavy (non-hydrogen) atoms. The summed E-state index contributed by atoms with van der Waals surface area (Å²) in [6.45, 7) is 1.84. The maximum Gasteiger partial charge on any atom is 0.196 e. The number of piperidine rings is 1. The van der Waals surface area contributed by atoms with Crippen LogP contribution in [0.1, 0.15) is 19.3 Å². The van der Waals surface area contributed by atoms with Gasteiger partial charge in [-0.3, -0.25) is 0 Å². The molecular weight excluding hydrogens is 208 g/mol. The lowest BCUT2D eigenvalue weighted by atomic mass is 10.2. The van der Waals surface area contributed by atoms with Crippen LogP contribution in [0.4, 0.5) is 5.69 Å². The Morgan fingerprint density at radius 2 is 1.80 bits per heavy atom. The van der Waals surface area contributed by atoms with Crippen LogP contribution in [0.5, 0.6) is 0 Å². The molecule has 3 nitrogen and oxygen atoms in total. The summed E-state index contributed by atoms with van der Waals surface area (Å²) >= 11 is -1.07. The summed E-state index contributed by atoms with van der Waals surface area (Å²) in [5.41, 5.74) is 6.43. The first kappa shape index (κ1) is 10.8. The molecule has 0 saturated carbocycles. The van der Waals surface area contributed by atoms with E-state index in [1.54, 1.807) is 6.07 Å². The molecule has 1 aromatic carbocycles. The van der Waals surface area contributed by atoms with Crippen molar-refractivity contribution in [2.75, 3.05) is 18.8 Å². The van der Waals surface area contributed by atoms with Gasteiger partial charge in [-0.15, -0.1) is 4.31 Å². The fraction of sp³-hybridized carbons (Fsp3) is 0.455. The van der Waals surface area contributed by atoms with Crippen molar-refractivity contribution >= 4 is 17.0 Å². The van der Waals surface area contributed by atoms with Crippen LogP contribution in [0.25, 0.3) is 0 Å². The standard InChI is InChI=1S/C11H16N2OS/c12-10-6-2-3-7-11(10)15(14)13-8-4-1-5-9-13/h2-3,6-7H,1,4-5,8-9,12H2. The fourth-order valence-corrected chi connectivity index (χ4v) is 3.14. The molecule has 1 atom stereocenters. The van der Waals surface area contributed by atoms with E-state index >= 15 is 0 Å². The van der Waals surface area contributed by atoms with Crippen LogP contribution < -0.4 is 5.73 Å². The smallest absolute Gasteiger partial charge is 0.196 e. The van der Waals surface area contributed by atoms with Gasteiger partial charge in [0.2, 0.25) is 0 Å². The molecule has 1 unspecified atom stereocenters. The van der Waals surface area contributed by atoms with Gasteiger partial charge in [0.05, 0.1) is 17.0 Å². The maximum atomic E-state index is 12.2. The second kappa shape index (κ2) is 4.88. The molecule has 0 amide bonds. The molecule has 0 radical (unpaired) electrons. The summed E-state index contributed by atoms with van der Waals surface area (Å²) in [6, 6.07) is 7.40. The quantitative estimate of drug-likeness (QED) is 0.615. The molecule has 1 aliphatic heterocycles. The van der Waals surface area contributed by atoms with Gasteiger partial charge in [-0.25, -0.2) is 0 Å². The van der Waals surface area contributed by atoms with Crippen molar-refractivity contribution in [2.45, 2.75) is 24.2 Å². The number of nitrogen functional groups attached to an aromatic ring is 1. The normalized spacial score (nSPS) is 20.1. The van der Waals surface area contributed by atoms with Crippen molar-refractivity contribution in [3.63, 3.8) is 0 Å². The topological polar surface area (TPSA) is 52.3 Å². The van der Waals surface area contributed by atoms with Gasteiger partial charge in [0.15, 0.2) is 4.90 Å². The van der Waals surface area contributed by atoms with E-state index in [1.165, 1.54) is 6.42 Å². The first-order valence-corrected chi connectivity index (χ1v) is 6.41. The molecule has 0 bridgehead atoms. The van der Waals surface area contributed by atoms with Crippen molar-refractivity contribution in [3.8, 4) is 0 Å². The number of para-hydroxylation sites is 1. The van der Waals surface area contributed by atoms with Gasteiger partial charge in [-0.05, 0) is 25.0 Å². The van der Waals surface area contributed by atoms with Gasteiger partial charge in [0.25, 0.3) is 0 Å². The van der Waals surface area contributed by atoms with Gasteiger partial charge in [0, 0.05) is 13.1 Å². The molecule has 0 aliphatic carbocycles. The van der Waals surface area contributed by atoms with Crippen molar-refractivity contribution in [1.29, 1.82) is 0 Å². The minimum absolute atomic E-state index is 0.626. The average Bonchev–Trinajstić information content (AvgIpc) is 2.30. The highest BCUT2D eigenvalue weighted by Gasteiger charge is 2.25. The number of hydrogen-bond donors (Lipinski definition) is 1. The van der Waals surface area contributed by atoms with E-state index < -0.39 is 11.4 Å². The molecule has 0 spiro atoms. The van der Waals surface area contributed by atoms with Gasteiger partial charge in [0.1, 0.15) is 0 Å². The van der Waals surface area contributed by atoms with Crippen molar-refractivity contribution in [2.24, 2.45) is 0 Å². The summed E-state index contributed by atoms with van der Waals surface area (Å²) in [4.78, 5) is 0.749. The summed E-state index contributed by atoms with van der Waals surface area (Å²) in [7, 11) is 0. The first-order valence-electron chi connectivity index (χ1n) is 5.30. The molecule has 1 heterocycles. The zero-order valence-electron chi connectivity index (χ0n) is 8.69. The Hall–Kier alpha value is -0.710. The lowest BCUT2D eigenvalue weighted by Gasteiger charge is -2.27. The third-order valence-electron chi connectivity index (χ3n) is 2.66. The summed E-state index contributed by atoms with van der Waals surface area (Å²) in [5, 5.41) is 0. The third kappa shape index (κ3) is 2.45. The second-order valence-corrected chi connectivity index (χ2v) is 5.23. The predicted octanol–water partition coefficient (Wildman–Crippen LogP) is 1.78. The fourth-order valence-electron chi connectivity index (χ4n) is 1.81. The number of benzene rings is 1. The molecule has 2 rings (SSSR count). The van der Waals surface area contributed by atoms with Crippen LogP contribution in [0.15, 0.2) is 29.2 Å². The Kier molecular flexibility index (Phi) is 3.51. The Morgan fingerprint density at radius 1 is 1.13 bits per heavy atom. The molecule has 82 valence electrons. The zero-order valence-corrected chi connectivity index (χ0v) is 9.50. The molecule has 1 fully saturated rings. The Morgan fingerprint density at radius 3 is 2.47 bits per heavy atom. The van der Waals surface area contributed by atoms with Gasteiger partial charge in [-0.1, -0.05) is 18.6 Å². The Bertz CT molecular complexity index is 326. The highest BCUT2D eigenvalue weighted by Crippen LogP contribution is 2.24. The number of nitrogens with zero attached hydrogens (tertiary/aromatic N) is 1. The number of anilines is 1. The van der Waals surface area contributed by atoms with E-state index in [1.807, 2.05) is 22.5 Å². The lowest BCUT2D eigenvalue weighted by molar-refractivity contribution is 0.346. The Labute approximate surface area is 93.6 Å². The van der Waals surface area contributed by atoms with E-state index in [0.29, 0.717) is 5.69 Å². The van der Waals surface area contributed by atoms with Gasteiger partial charge >= 0.3 is 0 Å². The third-order valence-corrected chi connectivity index (χ3v) is 4.24. The Balaban J connectivity index is 2.12. The average molecular weight is 224 g/mol. The molecule has 1 aliphatic rings. The van der Waals surface area contributed by atoms with Crippen molar-refractivity contribution < 1.29 is 4.55 Å². The van der Waals surface area contributed by atoms with Crippen LogP contribution in [-0.4, -0.2) is 21.9 Å².